The number of hydrogen-bond acceptors (Lipinski definition) is 3. The van der Waals surface area contributed by atoms with Gasteiger partial charge in [0.25, 0.3) is 0 Å². The lowest BCUT2D eigenvalue weighted by atomic mass is 9.88. The van der Waals surface area contributed by atoms with Crippen molar-refractivity contribution in [3.05, 3.63) is 70.2 Å². The Kier molecular flexibility index (Phi) is 5.84. The molecule has 0 radical (unpaired) electrons. The Morgan fingerprint density at radius 3 is 2.26 bits per heavy atom. The molecule has 0 amide bonds. The molecule has 2 aromatic carbocycles. The highest BCUT2D eigenvalue weighted by Crippen LogP contribution is 2.32. The van der Waals surface area contributed by atoms with Crippen LogP contribution in [0.15, 0.2) is 59.1 Å². The molecule has 1 heterocycles. The van der Waals surface area contributed by atoms with E-state index in [1.165, 1.54) is 5.56 Å². The van der Waals surface area contributed by atoms with Gasteiger partial charge in [0.15, 0.2) is 0 Å². The third-order valence-electron chi connectivity index (χ3n) is 4.38. The van der Waals surface area contributed by atoms with Crippen LogP contribution in [-0.4, -0.2) is 42.9 Å². The van der Waals surface area contributed by atoms with Gasteiger partial charge < -0.3 is 9.84 Å². The van der Waals surface area contributed by atoms with Crippen molar-refractivity contribution in [1.29, 1.82) is 0 Å². The molecule has 1 saturated heterocycles. The highest BCUT2D eigenvalue weighted by molar-refractivity contribution is 9.10. The van der Waals surface area contributed by atoms with Crippen LogP contribution < -0.4 is 0 Å². The van der Waals surface area contributed by atoms with Crippen molar-refractivity contribution >= 4 is 15.9 Å². The van der Waals surface area contributed by atoms with E-state index < -0.39 is 6.10 Å². The first-order valence-corrected chi connectivity index (χ1v) is 8.82. The third-order valence-corrected chi connectivity index (χ3v) is 4.91. The zero-order valence-electron chi connectivity index (χ0n) is 13.1. The summed E-state index contributed by atoms with van der Waals surface area (Å²) in [6, 6.07) is 18.2. The Morgan fingerprint density at radius 2 is 1.61 bits per heavy atom. The van der Waals surface area contributed by atoms with Gasteiger partial charge in [-0.3, -0.25) is 4.90 Å². The van der Waals surface area contributed by atoms with Crippen LogP contribution in [0.2, 0.25) is 0 Å². The predicted octanol–water partition coefficient (Wildman–Crippen LogP) is 3.60. The minimum absolute atomic E-state index is 0.0514. The summed E-state index contributed by atoms with van der Waals surface area (Å²) in [6.07, 6.45) is -0.520. The Balaban J connectivity index is 1.83. The number of benzene rings is 2. The number of nitrogens with zero attached hydrogens (tertiary/aromatic N) is 1. The van der Waals surface area contributed by atoms with E-state index in [-0.39, 0.29) is 5.92 Å². The maximum absolute atomic E-state index is 11.0. The Labute approximate surface area is 146 Å². The van der Waals surface area contributed by atoms with Gasteiger partial charge in [0, 0.05) is 30.0 Å². The molecular weight excluding hydrogens is 354 g/mol. The molecule has 0 saturated carbocycles. The molecule has 122 valence electrons. The first-order chi connectivity index (χ1) is 11.2. The second-order valence-electron chi connectivity index (χ2n) is 5.93. The zero-order chi connectivity index (χ0) is 16.1. The Bertz CT molecular complexity index is 597. The number of rotatable bonds is 5. The van der Waals surface area contributed by atoms with Crippen LogP contribution in [0, 0.1) is 0 Å². The fourth-order valence-electron chi connectivity index (χ4n) is 3.04. The van der Waals surface area contributed by atoms with E-state index in [4.69, 9.17) is 4.74 Å². The smallest absolute Gasteiger partial charge is 0.0870 e. The quantitative estimate of drug-likeness (QED) is 0.866. The van der Waals surface area contributed by atoms with Crippen molar-refractivity contribution in [2.24, 2.45) is 0 Å². The summed E-state index contributed by atoms with van der Waals surface area (Å²) in [4.78, 5) is 2.38. The fourth-order valence-corrected chi connectivity index (χ4v) is 3.31. The monoisotopic (exact) mass is 375 g/mol. The minimum Gasteiger partial charge on any atom is -0.388 e. The van der Waals surface area contributed by atoms with Crippen molar-refractivity contribution < 1.29 is 9.84 Å². The Hall–Kier alpha value is -1.20. The van der Waals surface area contributed by atoms with Gasteiger partial charge in [0.1, 0.15) is 0 Å². The van der Waals surface area contributed by atoms with E-state index in [9.17, 15) is 5.11 Å². The highest BCUT2D eigenvalue weighted by Gasteiger charge is 2.26. The van der Waals surface area contributed by atoms with Gasteiger partial charge in [-0.25, -0.2) is 0 Å². The molecule has 0 aliphatic carbocycles. The van der Waals surface area contributed by atoms with Crippen LogP contribution in [0.5, 0.6) is 0 Å². The van der Waals surface area contributed by atoms with Gasteiger partial charge in [0.2, 0.25) is 0 Å². The fraction of sp³-hybridized carbons (Fsp3) is 0.368. The van der Waals surface area contributed by atoms with Crippen LogP contribution in [0.25, 0.3) is 0 Å². The number of morpholine rings is 1. The molecule has 3 rings (SSSR count). The van der Waals surface area contributed by atoms with E-state index in [1.807, 2.05) is 42.5 Å². The van der Waals surface area contributed by atoms with Gasteiger partial charge in [-0.1, -0.05) is 58.4 Å². The number of halogens is 1. The van der Waals surface area contributed by atoms with Crippen LogP contribution >= 0.6 is 15.9 Å². The van der Waals surface area contributed by atoms with Crippen LogP contribution in [0.1, 0.15) is 23.1 Å². The molecule has 23 heavy (non-hydrogen) atoms. The first kappa shape index (κ1) is 16.7. The summed E-state index contributed by atoms with van der Waals surface area (Å²) in [5, 5.41) is 11.0. The van der Waals surface area contributed by atoms with Gasteiger partial charge in [0.05, 0.1) is 19.3 Å². The van der Waals surface area contributed by atoms with Crippen molar-refractivity contribution in [1.82, 2.24) is 4.90 Å². The first-order valence-electron chi connectivity index (χ1n) is 8.02. The van der Waals surface area contributed by atoms with E-state index >= 15 is 0 Å². The van der Waals surface area contributed by atoms with Crippen molar-refractivity contribution in [3.8, 4) is 0 Å². The van der Waals surface area contributed by atoms with Crippen LogP contribution in [0.4, 0.5) is 0 Å². The number of ether oxygens (including phenoxy) is 1. The molecule has 3 nitrogen and oxygen atoms in total. The topological polar surface area (TPSA) is 32.7 Å². The molecule has 0 spiro atoms. The second kappa shape index (κ2) is 8.06. The molecule has 0 bridgehead atoms. The van der Waals surface area contributed by atoms with E-state index in [1.54, 1.807) is 0 Å². The molecule has 2 atom stereocenters. The third kappa shape index (κ3) is 4.42. The van der Waals surface area contributed by atoms with Gasteiger partial charge in [-0.05, 0) is 23.3 Å². The van der Waals surface area contributed by atoms with E-state index in [2.05, 4.69) is 33.0 Å². The maximum Gasteiger partial charge on any atom is 0.0870 e. The summed E-state index contributed by atoms with van der Waals surface area (Å²) in [7, 11) is 0. The SMILES string of the molecule is O[C@H](c1ccc(Br)cc1)[C@H](CN1CCOCC1)c1ccccc1. The minimum atomic E-state index is -0.520. The summed E-state index contributed by atoms with van der Waals surface area (Å²) in [6.45, 7) is 4.24. The predicted molar refractivity (Wildman–Crippen MR) is 95.5 cm³/mol. The highest BCUT2D eigenvalue weighted by atomic mass is 79.9. The lowest BCUT2D eigenvalue weighted by Crippen LogP contribution is -2.39. The summed E-state index contributed by atoms with van der Waals surface area (Å²) >= 11 is 3.45. The summed E-state index contributed by atoms with van der Waals surface area (Å²) in [5.74, 6) is 0.0514. The molecule has 4 heteroatoms. The molecular formula is C19H22BrNO2. The largest absolute Gasteiger partial charge is 0.388 e. The molecule has 1 aliphatic rings. The molecule has 1 aliphatic heterocycles. The number of aliphatic hydroxyl groups excluding tert-OH is 1. The second-order valence-corrected chi connectivity index (χ2v) is 6.84. The Morgan fingerprint density at radius 1 is 0.957 bits per heavy atom. The van der Waals surface area contributed by atoms with Crippen LogP contribution in [-0.2, 0) is 4.74 Å². The lowest BCUT2D eigenvalue weighted by molar-refractivity contribution is 0.0240. The zero-order valence-corrected chi connectivity index (χ0v) is 14.7. The maximum atomic E-state index is 11.0. The van der Waals surface area contributed by atoms with Crippen LogP contribution in [0.3, 0.4) is 0 Å². The van der Waals surface area contributed by atoms with E-state index in [0.29, 0.717) is 0 Å². The summed E-state index contributed by atoms with van der Waals surface area (Å²) in [5.41, 5.74) is 2.13. The molecule has 2 aromatic rings. The lowest BCUT2D eigenvalue weighted by Gasteiger charge is -2.33. The van der Waals surface area contributed by atoms with Crippen molar-refractivity contribution in [2.75, 3.05) is 32.8 Å². The summed E-state index contributed by atoms with van der Waals surface area (Å²) < 4.78 is 6.46. The van der Waals surface area contributed by atoms with Crippen molar-refractivity contribution in [3.63, 3.8) is 0 Å². The van der Waals surface area contributed by atoms with Gasteiger partial charge in [-0.15, -0.1) is 0 Å². The standard InChI is InChI=1S/C19H22BrNO2/c20-17-8-6-16(7-9-17)19(22)18(15-4-2-1-3-5-15)14-21-10-12-23-13-11-21/h1-9,18-19,22H,10-14H2/t18-,19-/m1/s1. The number of hydrogen-bond donors (Lipinski definition) is 1. The molecule has 1 fully saturated rings. The van der Waals surface area contributed by atoms with Gasteiger partial charge in [-0.2, -0.15) is 0 Å². The van der Waals surface area contributed by atoms with Crippen molar-refractivity contribution in [2.45, 2.75) is 12.0 Å². The molecule has 1 N–H and O–H groups in total. The van der Waals surface area contributed by atoms with E-state index in [0.717, 1.165) is 42.9 Å². The molecule has 0 aromatic heterocycles. The number of aliphatic hydroxyl groups is 1. The normalized spacial score (nSPS) is 18.5. The average molecular weight is 376 g/mol. The van der Waals surface area contributed by atoms with Gasteiger partial charge >= 0.3 is 0 Å². The average Bonchev–Trinajstić information content (AvgIpc) is 2.61. The molecule has 0 unspecified atom stereocenters.